The van der Waals surface area contributed by atoms with Crippen LogP contribution in [0.4, 0.5) is 5.95 Å². The highest BCUT2D eigenvalue weighted by atomic mass is 35.5. The summed E-state index contributed by atoms with van der Waals surface area (Å²) in [5.41, 5.74) is 0.875. The minimum atomic E-state index is -0.521. The fourth-order valence-corrected chi connectivity index (χ4v) is 1.79. The standard InChI is InChI=1S/C10H9ClN8O/c1-2-4-14-8(19-18-4)9(20)17-10-15-6(11)5-7(16-10)13-3-12-5/h3H,2H2,1H3,(H,14,18,19)(H2,12,13,15,16,17,20). The molecule has 3 aromatic rings. The normalized spacial score (nSPS) is 10.9. The van der Waals surface area contributed by atoms with E-state index in [2.05, 4.69) is 40.4 Å². The number of rotatable bonds is 3. The van der Waals surface area contributed by atoms with Gasteiger partial charge in [-0.1, -0.05) is 18.5 Å². The van der Waals surface area contributed by atoms with Crippen molar-refractivity contribution < 1.29 is 4.79 Å². The third-order valence-electron chi connectivity index (χ3n) is 2.54. The smallest absolute Gasteiger partial charge is 0.297 e. The SMILES string of the molecule is CCc1nc(C(=O)Nc2nc(Cl)c3[nH]cnc3n2)n[nH]1. The lowest BCUT2D eigenvalue weighted by molar-refractivity contribution is 0.101. The van der Waals surface area contributed by atoms with E-state index in [-0.39, 0.29) is 16.9 Å². The molecule has 0 aliphatic heterocycles. The van der Waals surface area contributed by atoms with Crippen molar-refractivity contribution in [2.45, 2.75) is 13.3 Å². The Bertz CT molecular complexity index is 779. The summed E-state index contributed by atoms with van der Waals surface area (Å²) >= 11 is 5.95. The average molecular weight is 293 g/mol. The lowest BCUT2D eigenvalue weighted by atomic mass is 10.5. The number of nitrogens with one attached hydrogen (secondary N) is 3. The molecule has 0 radical (unpaired) electrons. The number of imidazole rings is 1. The van der Waals surface area contributed by atoms with Crippen LogP contribution in [-0.4, -0.2) is 41.0 Å². The van der Waals surface area contributed by atoms with E-state index in [1.807, 2.05) is 6.92 Å². The quantitative estimate of drug-likeness (QED) is 0.617. The van der Waals surface area contributed by atoms with Gasteiger partial charge in [-0.25, -0.2) is 9.97 Å². The van der Waals surface area contributed by atoms with E-state index in [1.165, 1.54) is 6.33 Å². The summed E-state index contributed by atoms with van der Waals surface area (Å²) in [6, 6.07) is 0. The van der Waals surface area contributed by atoms with Gasteiger partial charge in [-0.05, 0) is 0 Å². The van der Waals surface area contributed by atoms with Gasteiger partial charge in [-0.3, -0.25) is 15.2 Å². The topological polar surface area (TPSA) is 125 Å². The maximum atomic E-state index is 11.9. The minimum absolute atomic E-state index is 0.0173. The molecule has 10 heteroatoms. The number of hydrogen-bond acceptors (Lipinski definition) is 6. The number of fused-ring (bicyclic) bond motifs is 1. The van der Waals surface area contributed by atoms with Crippen LogP contribution in [0.2, 0.25) is 5.15 Å². The number of amides is 1. The van der Waals surface area contributed by atoms with Crippen LogP contribution in [0.1, 0.15) is 23.4 Å². The number of anilines is 1. The van der Waals surface area contributed by atoms with Crippen LogP contribution in [0.15, 0.2) is 6.33 Å². The molecule has 0 fully saturated rings. The third-order valence-corrected chi connectivity index (χ3v) is 2.81. The summed E-state index contributed by atoms with van der Waals surface area (Å²) in [5, 5.41) is 9.10. The molecule has 20 heavy (non-hydrogen) atoms. The third kappa shape index (κ3) is 2.18. The molecule has 9 nitrogen and oxygen atoms in total. The highest BCUT2D eigenvalue weighted by Crippen LogP contribution is 2.18. The molecule has 3 rings (SSSR count). The molecule has 0 spiro atoms. The average Bonchev–Trinajstić information content (AvgIpc) is 3.07. The van der Waals surface area contributed by atoms with Gasteiger partial charge < -0.3 is 4.98 Å². The number of aryl methyl sites for hydroxylation is 1. The lowest BCUT2D eigenvalue weighted by Crippen LogP contribution is -2.16. The van der Waals surface area contributed by atoms with Gasteiger partial charge in [0, 0.05) is 6.42 Å². The Kier molecular flexibility index (Phi) is 3.03. The lowest BCUT2D eigenvalue weighted by Gasteiger charge is -2.01. The molecule has 0 aliphatic carbocycles. The van der Waals surface area contributed by atoms with Gasteiger partial charge in [-0.2, -0.15) is 9.97 Å². The van der Waals surface area contributed by atoms with E-state index in [1.54, 1.807) is 0 Å². The molecule has 102 valence electrons. The van der Waals surface area contributed by atoms with Gasteiger partial charge in [0.15, 0.2) is 10.8 Å². The number of H-pyrrole nitrogens is 2. The summed E-state index contributed by atoms with van der Waals surface area (Å²) in [7, 11) is 0. The van der Waals surface area contributed by atoms with E-state index < -0.39 is 5.91 Å². The van der Waals surface area contributed by atoms with E-state index in [0.717, 1.165) is 0 Å². The van der Waals surface area contributed by atoms with Crippen molar-refractivity contribution in [3.8, 4) is 0 Å². The van der Waals surface area contributed by atoms with Crippen LogP contribution in [0, 0.1) is 0 Å². The molecule has 0 aliphatic rings. The second-order valence-corrected chi connectivity index (χ2v) is 4.21. The van der Waals surface area contributed by atoms with Gasteiger partial charge in [-0.15, -0.1) is 5.10 Å². The van der Waals surface area contributed by atoms with E-state index >= 15 is 0 Å². The zero-order valence-corrected chi connectivity index (χ0v) is 11.1. The highest BCUT2D eigenvalue weighted by molar-refractivity contribution is 6.33. The Hall–Kier alpha value is -2.55. The number of hydrogen-bond donors (Lipinski definition) is 3. The van der Waals surface area contributed by atoms with Gasteiger partial charge >= 0.3 is 0 Å². The minimum Gasteiger partial charge on any atom is -0.341 e. The van der Waals surface area contributed by atoms with E-state index in [0.29, 0.717) is 23.4 Å². The first-order valence-corrected chi connectivity index (χ1v) is 6.14. The molecular formula is C10H9ClN8O. The predicted octanol–water partition coefficient (Wildman–Crippen LogP) is 0.939. The molecule has 0 saturated carbocycles. The molecule has 3 heterocycles. The van der Waals surface area contributed by atoms with Crippen LogP contribution in [0.25, 0.3) is 11.2 Å². The number of halogens is 1. The second kappa shape index (κ2) is 4.85. The summed E-state index contributed by atoms with van der Waals surface area (Å²) in [6.45, 7) is 1.90. The first-order chi connectivity index (χ1) is 9.67. The Balaban J connectivity index is 1.86. The van der Waals surface area contributed by atoms with Crippen molar-refractivity contribution in [2.24, 2.45) is 0 Å². The summed E-state index contributed by atoms with van der Waals surface area (Å²) < 4.78 is 0. The molecule has 3 N–H and O–H groups in total. The molecule has 0 aromatic carbocycles. The first kappa shape index (κ1) is 12.5. The fraction of sp³-hybridized carbons (Fsp3) is 0.200. The van der Waals surface area contributed by atoms with Gasteiger partial charge in [0.1, 0.15) is 11.3 Å². The molecule has 0 bridgehead atoms. The first-order valence-electron chi connectivity index (χ1n) is 5.76. The van der Waals surface area contributed by atoms with Gasteiger partial charge in [0.25, 0.3) is 5.91 Å². The summed E-state index contributed by atoms with van der Waals surface area (Å²) in [5.74, 6) is 0.162. The van der Waals surface area contributed by atoms with E-state index in [9.17, 15) is 4.79 Å². The summed E-state index contributed by atoms with van der Waals surface area (Å²) in [6.07, 6.45) is 2.10. The van der Waals surface area contributed by atoms with Crippen molar-refractivity contribution in [2.75, 3.05) is 5.32 Å². The highest BCUT2D eigenvalue weighted by Gasteiger charge is 2.15. The van der Waals surface area contributed by atoms with Crippen LogP contribution in [0.5, 0.6) is 0 Å². The molecule has 3 aromatic heterocycles. The van der Waals surface area contributed by atoms with E-state index in [4.69, 9.17) is 11.6 Å². The Labute approximate surface area is 117 Å². The molecule has 0 saturated heterocycles. The zero-order valence-electron chi connectivity index (χ0n) is 10.3. The Morgan fingerprint density at radius 1 is 1.40 bits per heavy atom. The van der Waals surface area contributed by atoms with Crippen molar-refractivity contribution in [1.82, 2.24) is 35.1 Å². The van der Waals surface area contributed by atoms with Crippen LogP contribution in [0.3, 0.4) is 0 Å². The maximum Gasteiger partial charge on any atom is 0.297 e. The number of aromatic nitrogens is 7. The number of carbonyl (C=O) groups excluding carboxylic acids is 1. The van der Waals surface area contributed by atoms with Crippen LogP contribution in [-0.2, 0) is 6.42 Å². The van der Waals surface area contributed by atoms with Crippen molar-refractivity contribution in [1.29, 1.82) is 0 Å². The zero-order chi connectivity index (χ0) is 14.1. The maximum absolute atomic E-state index is 11.9. The van der Waals surface area contributed by atoms with Crippen molar-refractivity contribution >= 4 is 34.6 Å². The Morgan fingerprint density at radius 2 is 2.25 bits per heavy atom. The summed E-state index contributed by atoms with van der Waals surface area (Å²) in [4.78, 5) is 30.7. The monoisotopic (exact) mass is 292 g/mol. The molecule has 1 amide bonds. The van der Waals surface area contributed by atoms with Crippen molar-refractivity contribution in [3.05, 3.63) is 23.1 Å². The molecular weight excluding hydrogens is 284 g/mol. The number of nitrogens with zero attached hydrogens (tertiary/aromatic N) is 5. The Morgan fingerprint density at radius 3 is 3.00 bits per heavy atom. The predicted molar refractivity (Wildman–Crippen MR) is 70.4 cm³/mol. The van der Waals surface area contributed by atoms with Gasteiger partial charge in [0.05, 0.1) is 6.33 Å². The molecule has 0 unspecified atom stereocenters. The van der Waals surface area contributed by atoms with Crippen molar-refractivity contribution in [3.63, 3.8) is 0 Å². The van der Waals surface area contributed by atoms with Gasteiger partial charge in [0.2, 0.25) is 11.8 Å². The number of aromatic amines is 2. The van der Waals surface area contributed by atoms with Crippen LogP contribution >= 0.6 is 11.6 Å². The fourth-order valence-electron chi connectivity index (χ4n) is 1.57. The molecule has 0 atom stereocenters. The number of carbonyl (C=O) groups is 1. The van der Waals surface area contributed by atoms with Crippen LogP contribution < -0.4 is 5.32 Å². The largest absolute Gasteiger partial charge is 0.341 e. The second-order valence-electron chi connectivity index (χ2n) is 3.85.